The average Bonchev–Trinajstić information content (AvgIpc) is 3.22. The van der Waals surface area contributed by atoms with Gasteiger partial charge in [-0.1, -0.05) is 44.2 Å². The predicted octanol–water partition coefficient (Wildman–Crippen LogP) is 5.25. The van der Waals surface area contributed by atoms with Crippen LogP contribution in [-0.2, 0) is 14.3 Å². The third-order valence-corrected chi connectivity index (χ3v) is 6.74. The number of Topliss-reactive ketones (excluding diaryl/α,β-unsaturated/α-hetero) is 1. The standard InChI is InChI=1S/C25H30O4/c1-5-28-19-14-25-15-24(3,4)13-17(25)12-18(21(25)20(19)23(27)29-6-2)22(26)16-10-8-7-9-11-16/h7-11,17H,5-6,12-15H2,1-4H3. The largest absolute Gasteiger partial charge is 0.497 e. The fourth-order valence-corrected chi connectivity index (χ4v) is 6.04. The molecule has 0 aromatic heterocycles. The van der Waals surface area contributed by atoms with Gasteiger partial charge in [0, 0.05) is 23.0 Å². The second-order valence-corrected chi connectivity index (χ2v) is 9.28. The number of ketones is 1. The number of rotatable bonds is 6. The van der Waals surface area contributed by atoms with E-state index >= 15 is 0 Å². The average molecular weight is 395 g/mol. The van der Waals surface area contributed by atoms with Crippen LogP contribution in [0.3, 0.4) is 0 Å². The van der Waals surface area contributed by atoms with Crippen molar-refractivity contribution in [2.45, 2.75) is 53.4 Å². The second-order valence-electron chi connectivity index (χ2n) is 9.28. The molecule has 2 unspecified atom stereocenters. The van der Waals surface area contributed by atoms with Gasteiger partial charge in [-0.25, -0.2) is 4.79 Å². The van der Waals surface area contributed by atoms with Gasteiger partial charge >= 0.3 is 5.97 Å². The van der Waals surface area contributed by atoms with E-state index < -0.39 is 0 Å². The lowest BCUT2D eigenvalue weighted by atomic mass is 9.74. The molecule has 0 bridgehead atoms. The van der Waals surface area contributed by atoms with Gasteiger partial charge < -0.3 is 9.47 Å². The van der Waals surface area contributed by atoms with Crippen LogP contribution >= 0.6 is 0 Å². The van der Waals surface area contributed by atoms with Crippen LogP contribution < -0.4 is 0 Å². The van der Waals surface area contributed by atoms with Crippen molar-refractivity contribution in [1.82, 2.24) is 0 Å². The molecule has 154 valence electrons. The van der Waals surface area contributed by atoms with Gasteiger partial charge in [-0.05, 0) is 50.0 Å². The molecule has 4 rings (SSSR count). The lowest BCUT2D eigenvalue weighted by Crippen LogP contribution is -2.23. The fourth-order valence-electron chi connectivity index (χ4n) is 6.04. The highest BCUT2D eigenvalue weighted by Crippen LogP contribution is 2.70. The number of esters is 1. The maximum Gasteiger partial charge on any atom is 0.341 e. The topological polar surface area (TPSA) is 52.6 Å². The Balaban J connectivity index is 1.89. The van der Waals surface area contributed by atoms with Crippen LogP contribution in [0.4, 0.5) is 0 Å². The summed E-state index contributed by atoms with van der Waals surface area (Å²) in [6.45, 7) is 9.13. The zero-order chi connectivity index (χ0) is 20.8. The molecule has 4 nitrogen and oxygen atoms in total. The molecule has 29 heavy (non-hydrogen) atoms. The van der Waals surface area contributed by atoms with Crippen molar-refractivity contribution in [3.8, 4) is 0 Å². The van der Waals surface area contributed by atoms with Crippen LogP contribution in [0.2, 0.25) is 0 Å². The highest BCUT2D eigenvalue weighted by molar-refractivity contribution is 6.12. The number of allylic oxidation sites excluding steroid dienone is 2. The van der Waals surface area contributed by atoms with Crippen molar-refractivity contribution in [2.75, 3.05) is 13.2 Å². The van der Waals surface area contributed by atoms with Crippen molar-refractivity contribution in [3.05, 3.63) is 58.4 Å². The molecule has 0 N–H and O–H groups in total. The monoisotopic (exact) mass is 394 g/mol. The van der Waals surface area contributed by atoms with Gasteiger partial charge in [-0.15, -0.1) is 0 Å². The number of hydrogen-bond acceptors (Lipinski definition) is 4. The molecule has 4 heteroatoms. The first-order valence-electron chi connectivity index (χ1n) is 10.7. The van der Waals surface area contributed by atoms with Crippen molar-refractivity contribution in [3.63, 3.8) is 0 Å². The fraction of sp³-hybridized carbons (Fsp3) is 0.520. The highest BCUT2D eigenvalue weighted by atomic mass is 16.5. The molecule has 3 aliphatic carbocycles. The lowest BCUT2D eigenvalue weighted by Gasteiger charge is -2.29. The summed E-state index contributed by atoms with van der Waals surface area (Å²) in [7, 11) is 0. The summed E-state index contributed by atoms with van der Waals surface area (Å²) >= 11 is 0. The van der Waals surface area contributed by atoms with Gasteiger partial charge in [0.15, 0.2) is 5.78 Å². The normalized spacial score (nSPS) is 27.1. The van der Waals surface area contributed by atoms with Crippen LogP contribution in [0.15, 0.2) is 52.8 Å². The van der Waals surface area contributed by atoms with Gasteiger partial charge in [-0.2, -0.15) is 0 Å². The van der Waals surface area contributed by atoms with E-state index in [-0.39, 0.29) is 22.6 Å². The van der Waals surface area contributed by atoms with Crippen LogP contribution in [0.5, 0.6) is 0 Å². The van der Waals surface area contributed by atoms with Crippen LogP contribution in [-0.4, -0.2) is 25.0 Å². The zero-order valence-corrected chi connectivity index (χ0v) is 17.8. The lowest BCUT2D eigenvalue weighted by molar-refractivity contribution is -0.138. The van der Waals surface area contributed by atoms with Gasteiger partial charge in [0.05, 0.1) is 13.2 Å². The minimum atomic E-state index is -0.355. The summed E-state index contributed by atoms with van der Waals surface area (Å²) in [5, 5.41) is 0. The first-order chi connectivity index (χ1) is 13.8. The summed E-state index contributed by atoms with van der Waals surface area (Å²) in [5.74, 6) is 0.748. The van der Waals surface area contributed by atoms with Crippen LogP contribution in [0.25, 0.3) is 0 Å². The quantitative estimate of drug-likeness (QED) is 0.488. The van der Waals surface area contributed by atoms with E-state index in [1.165, 1.54) is 0 Å². The Labute approximate surface area is 173 Å². The first kappa shape index (κ1) is 19.9. The molecule has 1 saturated carbocycles. The van der Waals surface area contributed by atoms with Gasteiger partial charge in [-0.3, -0.25) is 4.79 Å². The molecule has 0 saturated heterocycles. The molecule has 1 aromatic rings. The molecule has 0 aliphatic heterocycles. The molecule has 1 spiro atoms. The summed E-state index contributed by atoms with van der Waals surface area (Å²) < 4.78 is 11.4. The summed E-state index contributed by atoms with van der Waals surface area (Å²) in [6.07, 6.45) is 3.45. The number of carbonyl (C=O) groups is 2. The molecule has 0 heterocycles. The van der Waals surface area contributed by atoms with E-state index in [0.29, 0.717) is 42.4 Å². The van der Waals surface area contributed by atoms with E-state index in [4.69, 9.17) is 9.47 Å². The Morgan fingerprint density at radius 1 is 1.10 bits per heavy atom. The Morgan fingerprint density at radius 3 is 2.48 bits per heavy atom. The van der Waals surface area contributed by atoms with E-state index in [2.05, 4.69) is 13.8 Å². The third-order valence-electron chi connectivity index (χ3n) is 6.74. The van der Waals surface area contributed by atoms with E-state index in [1.807, 2.05) is 44.2 Å². The maximum atomic E-state index is 13.5. The third kappa shape index (κ3) is 3.13. The summed E-state index contributed by atoms with van der Waals surface area (Å²) in [5.41, 5.74) is 2.90. The van der Waals surface area contributed by atoms with Gasteiger partial charge in [0.25, 0.3) is 0 Å². The van der Waals surface area contributed by atoms with Crippen molar-refractivity contribution in [1.29, 1.82) is 0 Å². The van der Waals surface area contributed by atoms with E-state index in [9.17, 15) is 9.59 Å². The van der Waals surface area contributed by atoms with Gasteiger partial charge in [0.1, 0.15) is 11.3 Å². The van der Waals surface area contributed by atoms with Crippen molar-refractivity contribution < 1.29 is 19.1 Å². The van der Waals surface area contributed by atoms with Gasteiger partial charge in [0.2, 0.25) is 0 Å². The number of benzene rings is 1. The molecular formula is C25H30O4. The minimum Gasteiger partial charge on any atom is -0.497 e. The molecule has 1 fully saturated rings. The Bertz CT molecular complexity index is 906. The maximum absolute atomic E-state index is 13.5. The zero-order valence-electron chi connectivity index (χ0n) is 17.8. The van der Waals surface area contributed by atoms with E-state index in [0.717, 1.165) is 30.4 Å². The highest BCUT2D eigenvalue weighted by Gasteiger charge is 2.62. The first-order valence-corrected chi connectivity index (χ1v) is 10.7. The van der Waals surface area contributed by atoms with Crippen molar-refractivity contribution >= 4 is 11.8 Å². The number of ether oxygens (including phenoxy) is 2. The van der Waals surface area contributed by atoms with Crippen LogP contribution in [0, 0.1) is 16.7 Å². The summed E-state index contributed by atoms with van der Waals surface area (Å²) in [4.78, 5) is 26.5. The molecule has 1 aromatic carbocycles. The SMILES string of the molecule is CCOC(=O)C1=C(OCC)CC23CC(C)(C)CC2CC(C(=O)c2ccccc2)=C13. The molecule has 2 atom stereocenters. The summed E-state index contributed by atoms with van der Waals surface area (Å²) in [6, 6.07) is 9.39. The minimum absolute atomic E-state index is 0.0340. The smallest absolute Gasteiger partial charge is 0.341 e. The van der Waals surface area contributed by atoms with Crippen LogP contribution in [0.1, 0.15) is 63.7 Å². The second kappa shape index (κ2) is 7.16. The Kier molecular flexibility index (Phi) is 4.92. The van der Waals surface area contributed by atoms with Crippen molar-refractivity contribution in [2.24, 2.45) is 16.7 Å². The molecule has 0 radical (unpaired) electrons. The Morgan fingerprint density at radius 2 is 1.83 bits per heavy atom. The van der Waals surface area contributed by atoms with E-state index in [1.54, 1.807) is 0 Å². The molecule has 3 aliphatic rings. The number of hydrogen-bond donors (Lipinski definition) is 0. The molecule has 0 amide bonds. The molecular weight excluding hydrogens is 364 g/mol. The predicted molar refractivity (Wildman–Crippen MR) is 111 cm³/mol. The number of carbonyl (C=O) groups excluding carboxylic acids is 2. The Hall–Kier alpha value is -2.36.